The van der Waals surface area contributed by atoms with Crippen LogP contribution in [0.2, 0.25) is 0 Å². The molecule has 0 radical (unpaired) electrons. The van der Waals surface area contributed by atoms with Crippen LogP contribution < -0.4 is 82.3 Å². The monoisotopic (exact) mass is 1070 g/mol. The number of H-pyrrole nitrogens is 1. The smallest absolute Gasteiger partial charge is 0.312 e. The van der Waals surface area contributed by atoms with Crippen molar-refractivity contribution in [1.82, 2.24) is 52.8 Å². The molecule has 0 bridgehead atoms. The first kappa shape index (κ1) is 61.1. The van der Waals surface area contributed by atoms with E-state index in [2.05, 4.69) is 62.8 Å². The molecule has 0 aliphatic carbocycles. The molecule has 2 aromatic carbocycles. The molecule has 3 aromatic rings. The minimum Gasteiger partial charge on any atom is -0.370 e. The molecule has 2 heterocycles. The number of fused-ring (bicyclic) bond motifs is 1. The van der Waals surface area contributed by atoms with Crippen LogP contribution in [-0.4, -0.2) is 145 Å². The number of hydrogen-bond acceptors (Lipinski definition) is 12. The summed E-state index contributed by atoms with van der Waals surface area (Å²) in [5.41, 5.74) is 35.7. The fourth-order valence-corrected chi connectivity index (χ4v) is 8.49. The lowest BCUT2D eigenvalue weighted by atomic mass is 10.0. The largest absolute Gasteiger partial charge is 0.370 e. The number of nitrogens with two attached hydrogens (primary N) is 6. The Labute approximate surface area is 446 Å². The normalized spacial score (nSPS) is 20.8. The zero-order valence-electron chi connectivity index (χ0n) is 43.4. The molecule has 420 valence electrons. The number of carbonyl (C=O) groups is 9. The number of carbonyl (C=O) groups excluding carboxylic acids is 9. The maximum Gasteiger partial charge on any atom is 0.312 e. The van der Waals surface area contributed by atoms with Crippen LogP contribution in [0.4, 0.5) is 4.79 Å². The van der Waals surface area contributed by atoms with Gasteiger partial charge in [0.1, 0.15) is 36.3 Å². The predicted molar refractivity (Wildman–Crippen MR) is 289 cm³/mol. The number of nitrogens with one attached hydrogen (secondary N) is 10. The van der Waals surface area contributed by atoms with E-state index in [0.717, 1.165) is 16.5 Å². The summed E-state index contributed by atoms with van der Waals surface area (Å²) in [4.78, 5) is 135. The van der Waals surface area contributed by atoms with Crippen molar-refractivity contribution in [2.45, 2.75) is 126 Å². The highest BCUT2D eigenvalue weighted by Gasteiger charge is 2.35. The molecule has 22 N–H and O–H groups in total. The second-order valence-electron chi connectivity index (χ2n) is 18.6. The zero-order valence-corrected chi connectivity index (χ0v) is 43.4. The number of para-hydroxylation sites is 1. The van der Waals surface area contributed by atoms with Crippen LogP contribution in [-0.2, 0) is 51.2 Å². The number of hydrogen-bond donors (Lipinski definition) is 16. The molecule has 77 heavy (non-hydrogen) atoms. The SMILES string of the molecule is CC(=O)N[C@@H](CCCN=C(N)N)C(=O)N[C@H]1CC(=O)NCCCC[C@@H](CN)NC(=O)[C@H](Cc2c[nH]c3ccccc23)NC(=O)[C@H](CCCN=C(N)N)NC(=O)[C@@H](Cc2ccccc2)NC(=O)[C@H](CCCNC(N)=O)NC1=O. The lowest BCUT2D eigenvalue weighted by molar-refractivity contribution is -0.136. The first-order chi connectivity index (χ1) is 36.8. The van der Waals surface area contributed by atoms with Gasteiger partial charge in [0.15, 0.2) is 11.9 Å². The maximum atomic E-state index is 14.7. The van der Waals surface area contributed by atoms with Crippen molar-refractivity contribution in [3.8, 4) is 0 Å². The number of primary amides is 1. The average molecular weight is 1070 g/mol. The number of rotatable bonds is 20. The highest BCUT2D eigenvalue weighted by atomic mass is 16.2. The first-order valence-electron chi connectivity index (χ1n) is 25.6. The molecule has 10 amide bonds. The molecule has 0 saturated carbocycles. The molecule has 1 aliphatic heterocycles. The Bertz CT molecular complexity index is 2530. The van der Waals surface area contributed by atoms with Gasteiger partial charge < -0.3 is 87.2 Å². The Morgan fingerprint density at radius 2 is 1.27 bits per heavy atom. The van der Waals surface area contributed by atoms with Gasteiger partial charge in [0.25, 0.3) is 0 Å². The second-order valence-corrected chi connectivity index (χ2v) is 18.6. The average Bonchev–Trinajstić information content (AvgIpc) is 3.80. The fourth-order valence-electron chi connectivity index (χ4n) is 8.49. The molecule has 1 aromatic heterocycles. The summed E-state index contributed by atoms with van der Waals surface area (Å²) in [7, 11) is 0. The number of nitrogens with zero attached hydrogens (tertiary/aromatic N) is 2. The van der Waals surface area contributed by atoms with Gasteiger partial charge in [-0.2, -0.15) is 0 Å². The Morgan fingerprint density at radius 3 is 1.92 bits per heavy atom. The van der Waals surface area contributed by atoms with E-state index in [1.165, 1.54) is 6.92 Å². The number of urea groups is 1. The molecule has 1 fully saturated rings. The molecular weight excluding hydrogens is 997 g/mol. The van der Waals surface area contributed by atoms with E-state index in [1.807, 2.05) is 24.3 Å². The third-order valence-electron chi connectivity index (χ3n) is 12.4. The van der Waals surface area contributed by atoms with Gasteiger partial charge in [0, 0.05) is 75.6 Å². The summed E-state index contributed by atoms with van der Waals surface area (Å²) in [5.74, 6) is -6.43. The number of amides is 10. The van der Waals surface area contributed by atoms with Gasteiger partial charge in [-0.3, -0.25) is 48.3 Å². The van der Waals surface area contributed by atoms with Crippen molar-refractivity contribution >= 4 is 76.1 Å². The van der Waals surface area contributed by atoms with Crippen LogP contribution in [0, 0.1) is 0 Å². The summed E-state index contributed by atoms with van der Waals surface area (Å²) in [6.07, 6.45) is 2.56. The Kier molecular flexibility index (Phi) is 25.4. The molecule has 27 heteroatoms. The van der Waals surface area contributed by atoms with E-state index in [1.54, 1.807) is 36.5 Å². The van der Waals surface area contributed by atoms with E-state index >= 15 is 0 Å². The van der Waals surface area contributed by atoms with Crippen molar-refractivity contribution in [2.24, 2.45) is 44.4 Å². The van der Waals surface area contributed by atoms with E-state index in [-0.39, 0.29) is 96.0 Å². The summed E-state index contributed by atoms with van der Waals surface area (Å²) >= 11 is 0. The summed E-state index contributed by atoms with van der Waals surface area (Å²) in [6.45, 7) is 1.48. The van der Waals surface area contributed by atoms with Gasteiger partial charge >= 0.3 is 6.03 Å². The van der Waals surface area contributed by atoms with Crippen LogP contribution in [0.5, 0.6) is 0 Å². The predicted octanol–water partition coefficient (Wildman–Crippen LogP) is -3.43. The van der Waals surface area contributed by atoms with Gasteiger partial charge in [-0.15, -0.1) is 0 Å². The van der Waals surface area contributed by atoms with Crippen molar-refractivity contribution in [3.63, 3.8) is 0 Å². The van der Waals surface area contributed by atoms with Crippen molar-refractivity contribution in [1.29, 1.82) is 0 Å². The van der Waals surface area contributed by atoms with Gasteiger partial charge in [-0.05, 0) is 75.0 Å². The molecular formula is C50H76N18O9. The van der Waals surface area contributed by atoms with Crippen molar-refractivity contribution in [3.05, 3.63) is 71.9 Å². The molecule has 0 spiro atoms. The third-order valence-corrected chi connectivity index (χ3v) is 12.4. The van der Waals surface area contributed by atoms with Gasteiger partial charge in [-0.25, -0.2) is 4.79 Å². The minimum atomic E-state index is -1.63. The summed E-state index contributed by atoms with van der Waals surface area (Å²) < 4.78 is 0. The molecule has 27 nitrogen and oxygen atoms in total. The number of aliphatic imine (C=N–C) groups is 2. The molecule has 1 aliphatic rings. The molecule has 1 saturated heterocycles. The Balaban J connectivity index is 1.78. The lowest BCUT2D eigenvalue weighted by Crippen LogP contribution is -2.60. The number of aromatic nitrogens is 1. The first-order valence-corrected chi connectivity index (χ1v) is 25.6. The van der Waals surface area contributed by atoms with Crippen LogP contribution in [0.3, 0.4) is 0 Å². The molecule has 4 rings (SSSR count). The summed E-state index contributed by atoms with van der Waals surface area (Å²) in [5, 5.41) is 25.0. The second kappa shape index (κ2) is 32.1. The third kappa shape index (κ3) is 22.1. The number of benzene rings is 2. The van der Waals surface area contributed by atoms with Gasteiger partial charge in [0.05, 0.1) is 6.42 Å². The van der Waals surface area contributed by atoms with E-state index in [4.69, 9.17) is 34.4 Å². The highest BCUT2D eigenvalue weighted by molar-refractivity contribution is 5.98. The summed E-state index contributed by atoms with van der Waals surface area (Å²) in [6, 6.07) is 6.42. The quantitative estimate of drug-likeness (QED) is 0.0298. The highest BCUT2D eigenvalue weighted by Crippen LogP contribution is 2.20. The maximum absolute atomic E-state index is 14.7. The zero-order chi connectivity index (χ0) is 56.3. The molecule has 7 atom stereocenters. The van der Waals surface area contributed by atoms with E-state index in [9.17, 15) is 43.2 Å². The van der Waals surface area contributed by atoms with E-state index in [0.29, 0.717) is 24.8 Å². The van der Waals surface area contributed by atoms with Crippen LogP contribution in [0.25, 0.3) is 10.9 Å². The number of aromatic amines is 1. The van der Waals surface area contributed by atoms with Gasteiger partial charge in [0.2, 0.25) is 47.3 Å². The fraction of sp³-hybridized carbons (Fsp3) is 0.500. The van der Waals surface area contributed by atoms with Crippen molar-refractivity contribution < 1.29 is 43.2 Å². The van der Waals surface area contributed by atoms with E-state index < -0.39 is 102 Å². The standard InChI is InChI=1S/C50H76N18O9/c1-29(69)62-35(17-9-21-58-48(52)53)42(71)68-40-26-41(70)57-20-8-7-14-32(27-51)63-45(74)39(25-31-28-61-34-16-6-5-15-33(31)34)67-44(73)36(18-10-22-59-49(54)55)64-46(75)38(24-30-12-3-2-4-13-30)66-43(72)37(65-47(40)76)19-11-23-60-50(56)77/h2-6,12-13,15-16,28,32,35-40,61H,7-11,14,17-27,51H2,1H3,(H,57,70)(H,62,69)(H,63,74)(H,64,75)(H,65,76)(H,66,72)(H,67,73)(H,68,71)(H4,52,53,58)(H4,54,55,59)(H3,56,60,77)/t32-,35-,36-,37-,38+,39-,40-/m0/s1. The topological polar surface area (TPSA) is 459 Å². The Hall–Kier alpha value is -8.49. The minimum absolute atomic E-state index is 0.0246. The lowest BCUT2D eigenvalue weighted by Gasteiger charge is -2.28. The van der Waals surface area contributed by atoms with Gasteiger partial charge in [-0.1, -0.05) is 48.5 Å². The van der Waals surface area contributed by atoms with Crippen LogP contribution >= 0.6 is 0 Å². The van der Waals surface area contributed by atoms with Crippen molar-refractivity contribution in [2.75, 3.05) is 32.7 Å². The number of guanidine groups is 2. The Morgan fingerprint density at radius 1 is 0.688 bits per heavy atom. The molecule has 0 unspecified atom stereocenters. The van der Waals surface area contributed by atoms with Crippen LogP contribution in [0.15, 0.2) is 70.8 Å². The van der Waals surface area contributed by atoms with Crippen LogP contribution in [0.1, 0.15) is 82.3 Å².